The number of likely N-dealkylation sites (N-methyl/N-ethyl adjacent to an activating group) is 1. The summed E-state index contributed by atoms with van der Waals surface area (Å²) in [7, 11) is 2.06. The van der Waals surface area contributed by atoms with Gasteiger partial charge in [-0.2, -0.15) is 5.10 Å². The number of benzene rings is 1. The van der Waals surface area contributed by atoms with Crippen molar-refractivity contribution in [1.82, 2.24) is 24.5 Å². The second kappa shape index (κ2) is 9.22. The van der Waals surface area contributed by atoms with E-state index in [1.165, 1.54) is 0 Å². The number of hydrogen-bond acceptors (Lipinski definition) is 4. The van der Waals surface area contributed by atoms with E-state index < -0.39 is 0 Å². The van der Waals surface area contributed by atoms with E-state index in [0.717, 1.165) is 24.3 Å². The highest BCUT2D eigenvalue weighted by Crippen LogP contribution is 2.13. The highest BCUT2D eigenvalue weighted by molar-refractivity contribution is 5.92. The fourth-order valence-corrected chi connectivity index (χ4v) is 3.50. The molecule has 3 rings (SSSR count). The van der Waals surface area contributed by atoms with Crippen LogP contribution in [0.5, 0.6) is 0 Å². The van der Waals surface area contributed by atoms with Crippen LogP contribution in [0.25, 0.3) is 0 Å². The number of rotatable bonds is 6. The van der Waals surface area contributed by atoms with Gasteiger partial charge in [0.25, 0.3) is 5.91 Å². The SMILES string of the molecule is Cc1cc(C(=O)N2CCN(C)CC2)nn1CC(=O)N(Cc1ccccc1)C(C)C. The molecule has 2 aromatic rings. The molecule has 0 spiro atoms. The quantitative estimate of drug-likeness (QED) is 0.748. The van der Waals surface area contributed by atoms with Gasteiger partial charge in [0.15, 0.2) is 5.69 Å². The lowest BCUT2D eigenvalue weighted by Gasteiger charge is -2.31. The number of hydrogen-bond donors (Lipinski definition) is 0. The van der Waals surface area contributed by atoms with E-state index in [2.05, 4.69) is 17.0 Å². The van der Waals surface area contributed by atoms with Crippen LogP contribution in [0.4, 0.5) is 0 Å². The number of amides is 2. The van der Waals surface area contributed by atoms with E-state index in [9.17, 15) is 9.59 Å². The Morgan fingerprint density at radius 1 is 1.10 bits per heavy atom. The van der Waals surface area contributed by atoms with Crippen molar-refractivity contribution in [2.75, 3.05) is 33.2 Å². The first-order valence-electron chi connectivity index (χ1n) is 10.2. The molecule has 1 aromatic carbocycles. The number of carbonyl (C=O) groups is 2. The van der Waals surface area contributed by atoms with Gasteiger partial charge in [-0.05, 0) is 39.4 Å². The van der Waals surface area contributed by atoms with Gasteiger partial charge in [0.1, 0.15) is 6.54 Å². The molecule has 7 heteroatoms. The molecule has 0 saturated carbocycles. The molecule has 2 heterocycles. The van der Waals surface area contributed by atoms with Crippen LogP contribution in [0.15, 0.2) is 36.4 Å². The summed E-state index contributed by atoms with van der Waals surface area (Å²) in [5, 5.41) is 4.46. The lowest BCUT2D eigenvalue weighted by Crippen LogP contribution is -2.47. The number of carbonyl (C=O) groups excluding carboxylic acids is 2. The molecule has 1 aliphatic heterocycles. The van der Waals surface area contributed by atoms with Gasteiger partial charge in [0.05, 0.1) is 0 Å². The smallest absolute Gasteiger partial charge is 0.274 e. The number of piperazine rings is 1. The highest BCUT2D eigenvalue weighted by atomic mass is 16.2. The Morgan fingerprint density at radius 3 is 2.38 bits per heavy atom. The molecule has 2 amide bonds. The van der Waals surface area contributed by atoms with Crippen molar-refractivity contribution in [1.29, 1.82) is 0 Å². The van der Waals surface area contributed by atoms with Crippen molar-refractivity contribution in [3.05, 3.63) is 53.3 Å². The van der Waals surface area contributed by atoms with Crippen molar-refractivity contribution in [2.45, 2.75) is 39.9 Å². The first-order chi connectivity index (χ1) is 13.8. The average Bonchev–Trinajstić information content (AvgIpc) is 3.07. The molecule has 1 saturated heterocycles. The summed E-state index contributed by atoms with van der Waals surface area (Å²) in [5.74, 6) is -0.0638. The van der Waals surface area contributed by atoms with E-state index in [1.54, 1.807) is 10.7 Å². The van der Waals surface area contributed by atoms with E-state index in [-0.39, 0.29) is 24.4 Å². The molecule has 0 radical (unpaired) electrons. The lowest BCUT2D eigenvalue weighted by atomic mass is 10.2. The van der Waals surface area contributed by atoms with Crippen molar-refractivity contribution < 1.29 is 9.59 Å². The Kier molecular flexibility index (Phi) is 6.69. The molecule has 0 atom stereocenters. The zero-order chi connectivity index (χ0) is 21.0. The molecule has 1 aliphatic rings. The Morgan fingerprint density at radius 2 is 1.76 bits per heavy atom. The van der Waals surface area contributed by atoms with Crippen molar-refractivity contribution in [2.24, 2.45) is 0 Å². The third kappa shape index (κ3) is 5.23. The fraction of sp³-hybridized carbons (Fsp3) is 0.500. The summed E-state index contributed by atoms with van der Waals surface area (Å²) in [6, 6.07) is 11.8. The summed E-state index contributed by atoms with van der Waals surface area (Å²) >= 11 is 0. The predicted molar refractivity (Wildman–Crippen MR) is 112 cm³/mol. The minimum Gasteiger partial charge on any atom is -0.335 e. The summed E-state index contributed by atoms with van der Waals surface area (Å²) < 4.78 is 1.64. The maximum absolute atomic E-state index is 13.0. The predicted octanol–water partition coefficient (Wildman–Crippen LogP) is 2.02. The van der Waals surface area contributed by atoms with Crippen LogP contribution in [0.2, 0.25) is 0 Å². The van der Waals surface area contributed by atoms with Crippen LogP contribution in [-0.4, -0.2) is 75.6 Å². The molecular weight excluding hydrogens is 366 g/mol. The molecular formula is C22H31N5O2. The van der Waals surface area contributed by atoms with Gasteiger partial charge in [-0.15, -0.1) is 0 Å². The third-order valence-corrected chi connectivity index (χ3v) is 5.42. The summed E-state index contributed by atoms with van der Waals surface area (Å²) in [5.41, 5.74) is 2.33. The molecule has 1 fully saturated rings. The molecule has 0 N–H and O–H groups in total. The Balaban J connectivity index is 1.68. The van der Waals surface area contributed by atoms with Crippen LogP contribution < -0.4 is 0 Å². The van der Waals surface area contributed by atoms with Gasteiger partial charge in [0.2, 0.25) is 5.91 Å². The van der Waals surface area contributed by atoms with E-state index in [0.29, 0.717) is 25.3 Å². The minimum absolute atomic E-state index is 0.00588. The van der Waals surface area contributed by atoms with Gasteiger partial charge < -0.3 is 14.7 Å². The van der Waals surface area contributed by atoms with Crippen LogP contribution in [0.3, 0.4) is 0 Å². The lowest BCUT2D eigenvalue weighted by molar-refractivity contribution is -0.134. The number of aryl methyl sites for hydroxylation is 1. The van der Waals surface area contributed by atoms with Crippen LogP contribution in [0, 0.1) is 6.92 Å². The molecule has 1 aromatic heterocycles. The van der Waals surface area contributed by atoms with Gasteiger partial charge in [-0.1, -0.05) is 30.3 Å². The second-order valence-electron chi connectivity index (χ2n) is 8.03. The maximum atomic E-state index is 13.0. The highest BCUT2D eigenvalue weighted by Gasteiger charge is 2.24. The maximum Gasteiger partial charge on any atom is 0.274 e. The second-order valence-corrected chi connectivity index (χ2v) is 8.03. The van der Waals surface area contributed by atoms with Crippen LogP contribution >= 0.6 is 0 Å². The Hall–Kier alpha value is -2.67. The first kappa shape index (κ1) is 21.0. The summed E-state index contributed by atoms with van der Waals surface area (Å²) in [6.07, 6.45) is 0. The van der Waals surface area contributed by atoms with Crippen molar-refractivity contribution in [3.8, 4) is 0 Å². The van der Waals surface area contributed by atoms with Gasteiger partial charge in [-0.3, -0.25) is 14.3 Å². The zero-order valence-corrected chi connectivity index (χ0v) is 17.8. The monoisotopic (exact) mass is 397 g/mol. The van der Waals surface area contributed by atoms with Gasteiger partial charge in [-0.25, -0.2) is 0 Å². The van der Waals surface area contributed by atoms with Gasteiger partial charge in [0, 0.05) is 44.5 Å². The van der Waals surface area contributed by atoms with Crippen molar-refractivity contribution >= 4 is 11.8 Å². The molecule has 7 nitrogen and oxygen atoms in total. The summed E-state index contributed by atoms with van der Waals surface area (Å²) in [6.45, 7) is 9.75. The third-order valence-electron chi connectivity index (χ3n) is 5.42. The van der Waals surface area contributed by atoms with E-state index >= 15 is 0 Å². The normalized spacial score (nSPS) is 15.0. The van der Waals surface area contributed by atoms with E-state index in [1.807, 2.05) is 60.9 Å². The average molecular weight is 398 g/mol. The van der Waals surface area contributed by atoms with E-state index in [4.69, 9.17) is 0 Å². The fourth-order valence-electron chi connectivity index (χ4n) is 3.50. The van der Waals surface area contributed by atoms with Crippen LogP contribution in [0.1, 0.15) is 35.6 Å². The van der Waals surface area contributed by atoms with Crippen LogP contribution in [-0.2, 0) is 17.9 Å². The number of aromatic nitrogens is 2. The largest absolute Gasteiger partial charge is 0.335 e. The Bertz CT molecular complexity index is 838. The first-order valence-corrected chi connectivity index (χ1v) is 10.2. The Labute approximate surface area is 172 Å². The molecule has 0 unspecified atom stereocenters. The number of nitrogens with zero attached hydrogens (tertiary/aromatic N) is 5. The molecule has 29 heavy (non-hydrogen) atoms. The standard InChI is InChI=1S/C22H31N5O2/c1-17(2)26(15-19-8-6-5-7-9-19)21(28)16-27-18(3)14-20(23-27)22(29)25-12-10-24(4)11-13-25/h5-9,14,17H,10-13,15-16H2,1-4H3. The topological polar surface area (TPSA) is 61.7 Å². The minimum atomic E-state index is -0.0580. The summed E-state index contributed by atoms with van der Waals surface area (Å²) in [4.78, 5) is 31.7. The molecule has 156 valence electrons. The zero-order valence-electron chi connectivity index (χ0n) is 17.8. The molecule has 0 bridgehead atoms. The van der Waals surface area contributed by atoms with Gasteiger partial charge >= 0.3 is 0 Å². The molecule has 0 aliphatic carbocycles. The van der Waals surface area contributed by atoms with Crippen molar-refractivity contribution in [3.63, 3.8) is 0 Å².